The van der Waals surface area contributed by atoms with E-state index in [2.05, 4.69) is 21.8 Å². The summed E-state index contributed by atoms with van der Waals surface area (Å²) < 4.78 is 24.9. The fourth-order valence-corrected chi connectivity index (χ4v) is 4.17. The predicted octanol–water partition coefficient (Wildman–Crippen LogP) is 2.75. The third-order valence-electron chi connectivity index (χ3n) is 4.45. The lowest BCUT2D eigenvalue weighted by Gasteiger charge is -2.34. The van der Waals surface area contributed by atoms with E-state index in [4.69, 9.17) is 0 Å². The number of hydrogen-bond donors (Lipinski definition) is 1. The minimum absolute atomic E-state index is 0.521. The van der Waals surface area contributed by atoms with Gasteiger partial charge in [-0.1, -0.05) is 18.6 Å². The van der Waals surface area contributed by atoms with Gasteiger partial charge in [0.15, 0.2) is 0 Å². The quantitative estimate of drug-likeness (QED) is 0.932. The van der Waals surface area contributed by atoms with Crippen LogP contribution in [0.25, 0.3) is 0 Å². The number of fused-ring (bicyclic) bond motifs is 1. The van der Waals surface area contributed by atoms with E-state index in [1.165, 1.54) is 50.5 Å². The molecule has 2 aliphatic rings. The molecule has 5 heteroatoms. The van der Waals surface area contributed by atoms with Crippen LogP contribution in [0, 0.1) is 0 Å². The highest BCUT2D eigenvalue weighted by Gasteiger charge is 2.35. The molecule has 0 radical (unpaired) electrons. The van der Waals surface area contributed by atoms with Crippen LogP contribution in [-0.4, -0.2) is 32.2 Å². The average Bonchev–Trinajstić information content (AvgIpc) is 2.82. The van der Waals surface area contributed by atoms with Crippen molar-refractivity contribution in [1.82, 2.24) is 4.90 Å². The minimum atomic E-state index is -3.19. The molecule has 2 saturated heterocycles. The fourth-order valence-electron chi connectivity index (χ4n) is 3.60. The summed E-state index contributed by atoms with van der Waals surface area (Å²) in [5, 5.41) is 0. The summed E-state index contributed by atoms with van der Waals surface area (Å²) in [5.41, 5.74) is 1.96. The van der Waals surface area contributed by atoms with E-state index in [1.54, 1.807) is 0 Å². The Hall–Kier alpha value is -1.07. The van der Waals surface area contributed by atoms with Crippen molar-refractivity contribution < 1.29 is 8.42 Å². The normalized spacial score (nSPS) is 27.2. The van der Waals surface area contributed by atoms with Gasteiger partial charge in [0, 0.05) is 17.8 Å². The van der Waals surface area contributed by atoms with Gasteiger partial charge in [0.2, 0.25) is 10.0 Å². The van der Waals surface area contributed by atoms with Gasteiger partial charge in [-0.15, -0.1) is 0 Å². The Morgan fingerprint density at radius 1 is 1.10 bits per heavy atom. The molecule has 4 nitrogen and oxygen atoms in total. The first-order chi connectivity index (χ1) is 9.53. The van der Waals surface area contributed by atoms with Gasteiger partial charge in [-0.05, 0) is 49.9 Å². The van der Waals surface area contributed by atoms with Gasteiger partial charge < -0.3 is 0 Å². The second-order valence-electron chi connectivity index (χ2n) is 5.98. The van der Waals surface area contributed by atoms with Crippen LogP contribution in [0.4, 0.5) is 5.69 Å². The molecule has 110 valence electrons. The SMILES string of the molecule is CS(=O)(=O)Nc1ccc(C2CCC3CCCCN32)cc1. The van der Waals surface area contributed by atoms with E-state index in [1.807, 2.05) is 12.1 Å². The summed E-state index contributed by atoms with van der Waals surface area (Å²) in [5.74, 6) is 0. The van der Waals surface area contributed by atoms with Crippen molar-refractivity contribution in [3.8, 4) is 0 Å². The molecular weight excluding hydrogens is 272 g/mol. The molecule has 3 rings (SSSR count). The largest absolute Gasteiger partial charge is 0.293 e. The third-order valence-corrected chi connectivity index (χ3v) is 5.05. The molecule has 0 aliphatic carbocycles. The van der Waals surface area contributed by atoms with Crippen LogP contribution < -0.4 is 4.72 Å². The molecule has 2 heterocycles. The summed E-state index contributed by atoms with van der Waals surface area (Å²) in [6.07, 6.45) is 7.71. The Labute approximate surface area is 121 Å². The lowest BCUT2D eigenvalue weighted by atomic mass is 10.0. The lowest BCUT2D eigenvalue weighted by molar-refractivity contribution is 0.150. The number of piperidine rings is 1. The summed E-state index contributed by atoms with van der Waals surface area (Å²) in [6, 6.07) is 9.15. The molecule has 1 N–H and O–H groups in total. The maximum atomic E-state index is 11.2. The maximum absolute atomic E-state index is 11.2. The number of sulfonamides is 1. The number of hydrogen-bond acceptors (Lipinski definition) is 3. The van der Waals surface area contributed by atoms with Crippen molar-refractivity contribution in [2.75, 3.05) is 17.5 Å². The molecule has 2 fully saturated rings. The molecule has 1 aromatic carbocycles. The number of anilines is 1. The Morgan fingerprint density at radius 3 is 2.55 bits per heavy atom. The van der Waals surface area contributed by atoms with Gasteiger partial charge in [-0.3, -0.25) is 9.62 Å². The van der Waals surface area contributed by atoms with Crippen LogP contribution >= 0.6 is 0 Å². The molecule has 0 amide bonds. The molecule has 2 unspecified atom stereocenters. The zero-order valence-corrected chi connectivity index (χ0v) is 12.7. The van der Waals surface area contributed by atoms with Gasteiger partial charge >= 0.3 is 0 Å². The molecule has 0 bridgehead atoms. The zero-order valence-electron chi connectivity index (χ0n) is 11.9. The second-order valence-corrected chi connectivity index (χ2v) is 7.73. The van der Waals surface area contributed by atoms with Crippen molar-refractivity contribution in [3.63, 3.8) is 0 Å². The summed E-state index contributed by atoms with van der Waals surface area (Å²) in [6.45, 7) is 1.21. The van der Waals surface area contributed by atoms with Gasteiger partial charge in [-0.2, -0.15) is 0 Å². The molecule has 1 aromatic rings. The second kappa shape index (κ2) is 5.37. The van der Waals surface area contributed by atoms with E-state index >= 15 is 0 Å². The molecule has 2 atom stereocenters. The number of rotatable bonds is 3. The first-order valence-corrected chi connectivity index (χ1v) is 9.25. The van der Waals surface area contributed by atoms with E-state index in [0.717, 1.165) is 6.04 Å². The number of benzene rings is 1. The monoisotopic (exact) mass is 294 g/mol. The Bertz CT molecular complexity index is 568. The topological polar surface area (TPSA) is 49.4 Å². The van der Waals surface area contributed by atoms with Crippen LogP contribution in [0.1, 0.15) is 43.7 Å². The van der Waals surface area contributed by atoms with Crippen LogP contribution in [0.2, 0.25) is 0 Å². The Balaban J connectivity index is 1.74. The first kappa shape index (κ1) is 13.9. The summed E-state index contributed by atoms with van der Waals surface area (Å²) in [4.78, 5) is 2.64. The van der Waals surface area contributed by atoms with Gasteiger partial charge in [-0.25, -0.2) is 8.42 Å². The van der Waals surface area contributed by atoms with Crippen LogP contribution in [0.3, 0.4) is 0 Å². The van der Waals surface area contributed by atoms with Crippen LogP contribution in [-0.2, 0) is 10.0 Å². The molecule has 0 spiro atoms. The first-order valence-electron chi connectivity index (χ1n) is 7.36. The fraction of sp³-hybridized carbons (Fsp3) is 0.600. The van der Waals surface area contributed by atoms with Crippen LogP contribution in [0.5, 0.6) is 0 Å². The van der Waals surface area contributed by atoms with E-state index in [0.29, 0.717) is 11.7 Å². The molecular formula is C15H22N2O2S. The Kier molecular flexibility index (Phi) is 3.73. The minimum Gasteiger partial charge on any atom is -0.293 e. The lowest BCUT2D eigenvalue weighted by Crippen LogP contribution is -2.35. The maximum Gasteiger partial charge on any atom is 0.229 e. The summed E-state index contributed by atoms with van der Waals surface area (Å²) in [7, 11) is -3.19. The highest BCUT2D eigenvalue weighted by Crippen LogP contribution is 2.40. The number of nitrogens with zero attached hydrogens (tertiary/aromatic N) is 1. The Morgan fingerprint density at radius 2 is 1.85 bits per heavy atom. The standard InChI is InChI=1S/C15H22N2O2S/c1-20(18,19)16-13-7-5-12(6-8-13)15-10-9-14-4-2-3-11-17(14)15/h5-8,14-16H,2-4,9-11H2,1H3. The van der Waals surface area contributed by atoms with Crippen molar-refractivity contribution in [3.05, 3.63) is 29.8 Å². The average molecular weight is 294 g/mol. The third kappa shape index (κ3) is 2.99. The molecule has 2 aliphatic heterocycles. The highest BCUT2D eigenvalue weighted by molar-refractivity contribution is 7.92. The van der Waals surface area contributed by atoms with Gasteiger partial charge in [0.25, 0.3) is 0 Å². The van der Waals surface area contributed by atoms with Crippen molar-refractivity contribution in [2.45, 2.75) is 44.2 Å². The van der Waals surface area contributed by atoms with Crippen molar-refractivity contribution in [2.24, 2.45) is 0 Å². The van der Waals surface area contributed by atoms with Gasteiger partial charge in [0.1, 0.15) is 0 Å². The smallest absolute Gasteiger partial charge is 0.229 e. The van der Waals surface area contributed by atoms with Gasteiger partial charge in [0.05, 0.1) is 6.26 Å². The van der Waals surface area contributed by atoms with Crippen molar-refractivity contribution in [1.29, 1.82) is 0 Å². The highest BCUT2D eigenvalue weighted by atomic mass is 32.2. The van der Waals surface area contributed by atoms with E-state index in [-0.39, 0.29) is 0 Å². The van der Waals surface area contributed by atoms with Crippen LogP contribution in [0.15, 0.2) is 24.3 Å². The number of nitrogens with one attached hydrogen (secondary N) is 1. The summed E-state index contributed by atoms with van der Waals surface area (Å²) >= 11 is 0. The van der Waals surface area contributed by atoms with E-state index < -0.39 is 10.0 Å². The molecule has 0 aromatic heterocycles. The van der Waals surface area contributed by atoms with Crippen molar-refractivity contribution >= 4 is 15.7 Å². The molecule has 0 saturated carbocycles. The predicted molar refractivity (Wildman–Crippen MR) is 81.2 cm³/mol. The molecule has 20 heavy (non-hydrogen) atoms. The van der Waals surface area contributed by atoms with E-state index in [9.17, 15) is 8.42 Å². The zero-order chi connectivity index (χ0) is 14.2.